The van der Waals surface area contributed by atoms with Crippen LogP contribution in [0.3, 0.4) is 0 Å². The van der Waals surface area contributed by atoms with Gasteiger partial charge in [-0.05, 0) is 56.4 Å². The Morgan fingerprint density at radius 1 is 1.20 bits per heavy atom. The van der Waals surface area contributed by atoms with E-state index in [1.807, 2.05) is 24.3 Å². The van der Waals surface area contributed by atoms with E-state index in [9.17, 15) is 4.79 Å². The molecule has 1 atom stereocenters. The van der Waals surface area contributed by atoms with E-state index in [4.69, 9.17) is 9.26 Å². The predicted molar refractivity (Wildman–Crippen MR) is 92.2 cm³/mol. The van der Waals surface area contributed by atoms with E-state index in [0.29, 0.717) is 23.4 Å². The quantitative estimate of drug-likeness (QED) is 0.810. The number of anilines is 1. The van der Waals surface area contributed by atoms with Crippen LogP contribution in [-0.2, 0) is 11.4 Å². The normalized spacial score (nSPS) is 19.6. The smallest absolute Gasteiger partial charge is 0.229 e. The summed E-state index contributed by atoms with van der Waals surface area (Å²) in [7, 11) is 0. The number of nitrogens with one attached hydrogen (secondary N) is 1. The van der Waals surface area contributed by atoms with Crippen molar-refractivity contribution in [1.29, 1.82) is 0 Å². The molecule has 0 bridgehead atoms. The first-order chi connectivity index (χ1) is 12.3. The third kappa shape index (κ3) is 4.07. The molecule has 0 aliphatic heterocycles. The minimum atomic E-state index is 0.0693. The summed E-state index contributed by atoms with van der Waals surface area (Å²) in [5, 5.41) is 6.89. The van der Waals surface area contributed by atoms with Crippen molar-refractivity contribution in [2.45, 2.75) is 44.6 Å². The van der Waals surface area contributed by atoms with E-state index >= 15 is 0 Å². The van der Waals surface area contributed by atoms with E-state index in [0.717, 1.165) is 37.8 Å². The molecule has 4 rings (SSSR count). The highest BCUT2D eigenvalue weighted by molar-refractivity contribution is 5.92. The van der Waals surface area contributed by atoms with Crippen LogP contribution in [0.2, 0.25) is 0 Å². The minimum Gasteiger partial charge on any atom is -0.485 e. The Kier molecular flexibility index (Phi) is 4.50. The second kappa shape index (κ2) is 7.09. The van der Waals surface area contributed by atoms with Gasteiger partial charge in [-0.25, -0.2) is 0 Å². The van der Waals surface area contributed by atoms with Gasteiger partial charge in [-0.2, -0.15) is 4.98 Å². The van der Waals surface area contributed by atoms with E-state index in [2.05, 4.69) is 27.6 Å². The second-order valence-electron chi connectivity index (χ2n) is 6.61. The van der Waals surface area contributed by atoms with E-state index in [1.54, 1.807) is 0 Å². The zero-order chi connectivity index (χ0) is 17.1. The number of ether oxygens (including phenoxy) is 1. The number of nitrogens with zero attached hydrogens (tertiary/aromatic N) is 2. The van der Waals surface area contributed by atoms with Crippen molar-refractivity contribution >= 4 is 11.6 Å². The molecule has 0 spiro atoms. The summed E-state index contributed by atoms with van der Waals surface area (Å²) in [5.74, 6) is 2.58. The monoisotopic (exact) mass is 339 g/mol. The lowest BCUT2D eigenvalue weighted by atomic mass is 9.93. The van der Waals surface area contributed by atoms with Gasteiger partial charge < -0.3 is 14.6 Å². The molecule has 1 N–H and O–H groups in total. The topological polar surface area (TPSA) is 77.2 Å². The minimum absolute atomic E-state index is 0.0693. The van der Waals surface area contributed by atoms with Crippen LogP contribution in [0, 0.1) is 5.92 Å². The molecule has 1 amide bonds. The van der Waals surface area contributed by atoms with E-state index in [-0.39, 0.29) is 18.4 Å². The Bertz CT molecular complexity index is 762. The fourth-order valence-corrected chi connectivity index (χ4v) is 2.88. The number of rotatable bonds is 6. The lowest BCUT2D eigenvalue weighted by molar-refractivity contribution is -0.120. The number of hydrogen-bond acceptors (Lipinski definition) is 5. The lowest BCUT2D eigenvalue weighted by Crippen LogP contribution is -2.23. The van der Waals surface area contributed by atoms with Crippen LogP contribution in [0.1, 0.15) is 49.7 Å². The molecule has 6 nitrogen and oxygen atoms in total. The number of amides is 1. The van der Waals surface area contributed by atoms with Gasteiger partial charge >= 0.3 is 0 Å². The number of allylic oxidation sites excluding steroid dienone is 2. The van der Waals surface area contributed by atoms with Gasteiger partial charge in [-0.15, -0.1) is 0 Å². The molecule has 130 valence electrons. The maximum absolute atomic E-state index is 12.2. The number of benzene rings is 1. The average molecular weight is 339 g/mol. The van der Waals surface area contributed by atoms with Gasteiger partial charge in [0.25, 0.3) is 0 Å². The van der Waals surface area contributed by atoms with Gasteiger partial charge in [0, 0.05) is 17.5 Å². The maximum atomic E-state index is 12.2. The third-order valence-corrected chi connectivity index (χ3v) is 4.54. The summed E-state index contributed by atoms with van der Waals surface area (Å²) < 4.78 is 10.9. The highest BCUT2D eigenvalue weighted by Gasteiger charge is 2.29. The van der Waals surface area contributed by atoms with Crippen molar-refractivity contribution < 1.29 is 14.1 Å². The largest absolute Gasteiger partial charge is 0.485 e. The van der Waals surface area contributed by atoms with Crippen LogP contribution in [-0.4, -0.2) is 16.0 Å². The Morgan fingerprint density at radius 2 is 2.04 bits per heavy atom. The number of carbonyl (C=O) groups is 1. The van der Waals surface area contributed by atoms with Crippen molar-refractivity contribution in [2.75, 3.05) is 5.32 Å². The van der Waals surface area contributed by atoms with Crippen LogP contribution >= 0.6 is 0 Å². The molecular weight excluding hydrogens is 318 g/mol. The van der Waals surface area contributed by atoms with Crippen molar-refractivity contribution in [3.8, 4) is 5.75 Å². The molecule has 25 heavy (non-hydrogen) atoms. The maximum Gasteiger partial charge on any atom is 0.229 e. The molecule has 1 aromatic carbocycles. The number of aromatic nitrogens is 2. The molecule has 0 radical (unpaired) electrons. The molecule has 1 heterocycles. The van der Waals surface area contributed by atoms with E-state index < -0.39 is 0 Å². The van der Waals surface area contributed by atoms with E-state index in [1.165, 1.54) is 0 Å². The number of carbonyl (C=O) groups excluding carboxylic acids is 1. The molecule has 2 aromatic rings. The van der Waals surface area contributed by atoms with Gasteiger partial charge in [0.1, 0.15) is 5.75 Å². The molecule has 0 saturated heterocycles. The van der Waals surface area contributed by atoms with Gasteiger partial charge in [-0.1, -0.05) is 17.3 Å². The highest BCUT2D eigenvalue weighted by Crippen LogP contribution is 2.38. The fourth-order valence-electron chi connectivity index (χ4n) is 2.88. The first kappa shape index (κ1) is 15.9. The van der Waals surface area contributed by atoms with Crippen molar-refractivity contribution in [2.24, 2.45) is 5.92 Å². The summed E-state index contributed by atoms with van der Waals surface area (Å²) in [6.07, 6.45) is 9.19. The molecule has 1 saturated carbocycles. The van der Waals surface area contributed by atoms with Gasteiger partial charge in [0.05, 0.1) is 0 Å². The van der Waals surface area contributed by atoms with Crippen molar-refractivity contribution in [3.05, 3.63) is 48.1 Å². The summed E-state index contributed by atoms with van der Waals surface area (Å²) in [6, 6.07) is 7.35. The SMILES string of the molecule is O=C(Nc1ccc(OCc2noc(C3CC3)n2)cc1)C1CC=CCC1. The van der Waals surface area contributed by atoms with Crippen LogP contribution in [0.15, 0.2) is 40.9 Å². The highest BCUT2D eigenvalue weighted by atomic mass is 16.5. The summed E-state index contributed by atoms with van der Waals surface area (Å²) in [4.78, 5) is 16.6. The van der Waals surface area contributed by atoms with Crippen molar-refractivity contribution in [3.63, 3.8) is 0 Å². The first-order valence-electron chi connectivity index (χ1n) is 8.79. The lowest BCUT2D eigenvalue weighted by Gasteiger charge is -2.17. The second-order valence-corrected chi connectivity index (χ2v) is 6.61. The molecule has 1 aromatic heterocycles. The van der Waals surface area contributed by atoms with Crippen LogP contribution < -0.4 is 10.1 Å². The Labute approximate surface area is 146 Å². The van der Waals surface area contributed by atoms with Crippen LogP contribution in [0.5, 0.6) is 5.75 Å². The van der Waals surface area contributed by atoms with Crippen LogP contribution in [0.25, 0.3) is 0 Å². The number of hydrogen-bond donors (Lipinski definition) is 1. The Morgan fingerprint density at radius 3 is 2.76 bits per heavy atom. The standard InChI is InChI=1S/C19H21N3O3/c23-18(13-4-2-1-3-5-13)20-15-8-10-16(11-9-15)24-12-17-21-19(25-22-17)14-6-7-14/h1-2,8-11,13-14H,3-7,12H2,(H,20,23). The van der Waals surface area contributed by atoms with Crippen molar-refractivity contribution in [1.82, 2.24) is 10.1 Å². The fraction of sp³-hybridized carbons (Fsp3) is 0.421. The third-order valence-electron chi connectivity index (χ3n) is 4.54. The zero-order valence-corrected chi connectivity index (χ0v) is 14.0. The van der Waals surface area contributed by atoms with Crippen LogP contribution in [0.4, 0.5) is 5.69 Å². The molecule has 1 fully saturated rings. The molecule has 6 heteroatoms. The van der Waals surface area contributed by atoms with Gasteiger partial charge in [0.15, 0.2) is 6.61 Å². The summed E-state index contributed by atoms with van der Waals surface area (Å²) in [5.41, 5.74) is 0.780. The molecule has 1 unspecified atom stereocenters. The molecule has 2 aliphatic rings. The first-order valence-corrected chi connectivity index (χ1v) is 8.79. The average Bonchev–Trinajstić information content (AvgIpc) is 3.40. The Balaban J connectivity index is 1.28. The zero-order valence-electron chi connectivity index (χ0n) is 14.0. The summed E-state index contributed by atoms with van der Waals surface area (Å²) >= 11 is 0. The Hall–Kier alpha value is -2.63. The predicted octanol–water partition coefficient (Wildman–Crippen LogP) is 3.82. The summed E-state index contributed by atoms with van der Waals surface area (Å²) in [6.45, 7) is 0.274. The van der Waals surface area contributed by atoms with Gasteiger partial charge in [0.2, 0.25) is 17.6 Å². The molecule has 2 aliphatic carbocycles. The van der Waals surface area contributed by atoms with Gasteiger partial charge in [-0.3, -0.25) is 4.79 Å². The molecular formula is C19H21N3O3.